The first kappa shape index (κ1) is 61.8. The SMILES string of the molecule is CCCCCCCCN(CC(=O)N(CCCN=C(N)N)CC(=O)N[C@H](CCCN=C(N)N)C(N)=O)C(=O)CN(CCCN=C(N)N)C(=O)CN(CCCN=C(N)N)C(=O)CNCCCCCCN. The van der Waals surface area contributed by atoms with Gasteiger partial charge >= 0.3 is 0 Å². The Morgan fingerprint density at radius 2 is 0.838 bits per heavy atom. The fourth-order valence-corrected chi connectivity index (χ4v) is 6.71. The maximum absolute atomic E-state index is 14.4. The van der Waals surface area contributed by atoms with E-state index >= 15 is 0 Å². The number of unbranched alkanes of at least 4 members (excludes halogenated alkanes) is 8. The van der Waals surface area contributed by atoms with E-state index < -0.39 is 55.2 Å². The van der Waals surface area contributed by atoms with E-state index in [2.05, 4.69) is 37.5 Å². The Labute approximate surface area is 402 Å². The minimum absolute atomic E-state index is 0.0133. The van der Waals surface area contributed by atoms with Gasteiger partial charge in [0.15, 0.2) is 23.8 Å². The number of hydrogen-bond donors (Lipinski definition) is 12. The molecule has 0 aromatic rings. The van der Waals surface area contributed by atoms with Crippen LogP contribution in [0, 0.1) is 0 Å². The van der Waals surface area contributed by atoms with Gasteiger partial charge in [0.1, 0.15) is 6.04 Å². The molecule has 26 nitrogen and oxygen atoms in total. The molecule has 0 aliphatic rings. The van der Waals surface area contributed by atoms with Crippen LogP contribution < -0.4 is 68.0 Å². The van der Waals surface area contributed by atoms with Gasteiger partial charge in [0, 0.05) is 52.4 Å². The van der Waals surface area contributed by atoms with Crippen molar-refractivity contribution in [2.75, 3.05) is 98.2 Å². The highest BCUT2D eigenvalue weighted by atomic mass is 16.2. The molecule has 0 aliphatic heterocycles. The predicted molar refractivity (Wildman–Crippen MR) is 267 cm³/mol. The molecule has 0 rings (SSSR count). The second kappa shape index (κ2) is 38.9. The zero-order valence-electron chi connectivity index (χ0n) is 40.6. The zero-order valence-corrected chi connectivity index (χ0v) is 40.6. The van der Waals surface area contributed by atoms with Crippen LogP contribution in [0.25, 0.3) is 0 Å². The van der Waals surface area contributed by atoms with Crippen molar-refractivity contribution in [3.8, 4) is 0 Å². The summed E-state index contributed by atoms with van der Waals surface area (Å²) in [5, 5.41) is 5.73. The van der Waals surface area contributed by atoms with E-state index in [1.165, 1.54) is 19.6 Å². The van der Waals surface area contributed by atoms with E-state index in [1.807, 2.05) is 0 Å². The lowest BCUT2D eigenvalue weighted by molar-refractivity contribution is -0.146. The second-order valence-corrected chi connectivity index (χ2v) is 16.4. The van der Waals surface area contributed by atoms with Gasteiger partial charge in [0.25, 0.3) is 0 Å². The fourth-order valence-electron chi connectivity index (χ4n) is 6.71. The third-order valence-electron chi connectivity index (χ3n) is 10.4. The summed E-state index contributed by atoms with van der Waals surface area (Å²) in [6.07, 6.45) is 10.4. The average molecular weight is 967 g/mol. The van der Waals surface area contributed by atoms with Crippen LogP contribution in [0.1, 0.15) is 103 Å². The molecule has 0 spiro atoms. The molecule has 1 atom stereocenters. The number of carbonyl (C=O) groups excluding carboxylic acids is 6. The number of nitrogens with zero attached hydrogens (tertiary/aromatic N) is 8. The molecule has 6 amide bonds. The summed E-state index contributed by atoms with van der Waals surface area (Å²) in [6, 6.07) is -1.08. The number of nitrogens with one attached hydrogen (secondary N) is 2. The van der Waals surface area contributed by atoms with E-state index in [-0.39, 0.29) is 114 Å². The topological polar surface area (TPSA) is 449 Å². The third kappa shape index (κ3) is 33.3. The van der Waals surface area contributed by atoms with Crippen molar-refractivity contribution in [1.29, 1.82) is 0 Å². The Morgan fingerprint density at radius 1 is 0.456 bits per heavy atom. The lowest BCUT2D eigenvalue weighted by Crippen LogP contribution is -2.52. The summed E-state index contributed by atoms with van der Waals surface area (Å²) >= 11 is 0. The van der Waals surface area contributed by atoms with E-state index in [1.54, 1.807) is 0 Å². The van der Waals surface area contributed by atoms with Gasteiger partial charge in [-0.3, -0.25) is 48.7 Å². The first-order valence-corrected chi connectivity index (χ1v) is 23.7. The maximum atomic E-state index is 14.4. The van der Waals surface area contributed by atoms with Crippen molar-refractivity contribution < 1.29 is 28.8 Å². The molecular weight excluding hydrogens is 881 g/mol. The van der Waals surface area contributed by atoms with Crippen LogP contribution in [0.2, 0.25) is 0 Å². The molecule has 0 saturated heterocycles. The number of aliphatic imine (C=N–C) groups is 4. The smallest absolute Gasteiger partial charge is 0.242 e. The minimum atomic E-state index is -1.08. The van der Waals surface area contributed by atoms with Crippen molar-refractivity contribution in [3.63, 3.8) is 0 Å². The van der Waals surface area contributed by atoms with Crippen molar-refractivity contribution in [2.45, 2.75) is 109 Å². The van der Waals surface area contributed by atoms with Crippen LogP contribution in [0.3, 0.4) is 0 Å². The summed E-state index contributed by atoms with van der Waals surface area (Å²) in [5.74, 6) is -3.96. The fraction of sp³-hybridized carbons (Fsp3) is 0.762. The Hall–Kier alpha value is -6.18. The first-order valence-electron chi connectivity index (χ1n) is 23.7. The highest BCUT2D eigenvalue weighted by Gasteiger charge is 2.28. The van der Waals surface area contributed by atoms with Crippen LogP contribution in [0.4, 0.5) is 0 Å². The summed E-state index contributed by atoms with van der Waals surface area (Å²) in [5.41, 5.74) is 55.1. The number of amides is 6. The summed E-state index contributed by atoms with van der Waals surface area (Å²) < 4.78 is 0. The van der Waals surface area contributed by atoms with Gasteiger partial charge in [-0.2, -0.15) is 0 Å². The molecule has 22 N–H and O–H groups in total. The second-order valence-electron chi connectivity index (χ2n) is 16.4. The number of primary amides is 1. The molecule has 0 heterocycles. The molecule has 0 fully saturated rings. The van der Waals surface area contributed by atoms with Gasteiger partial charge in [-0.25, -0.2) is 0 Å². The van der Waals surface area contributed by atoms with Crippen LogP contribution in [0.5, 0.6) is 0 Å². The highest BCUT2D eigenvalue weighted by molar-refractivity contribution is 5.92. The van der Waals surface area contributed by atoms with Gasteiger partial charge in [-0.15, -0.1) is 0 Å². The van der Waals surface area contributed by atoms with E-state index in [0.717, 1.165) is 57.8 Å². The average Bonchev–Trinajstić information content (AvgIpc) is 3.27. The molecule has 0 saturated carbocycles. The van der Waals surface area contributed by atoms with Crippen molar-refractivity contribution in [2.24, 2.45) is 77.3 Å². The molecule has 0 aromatic carbocycles. The normalized spacial score (nSPS) is 11.1. The highest BCUT2D eigenvalue weighted by Crippen LogP contribution is 2.10. The molecule has 0 bridgehead atoms. The molecule has 0 unspecified atom stereocenters. The molecule has 0 aromatic heterocycles. The van der Waals surface area contributed by atoms with Crippen LogP contribution in [-0.2, 0) is 28.8 Å². The molecular formula is C42H86N20O6. The Balaban J connectivity index is 6.62. The third-order valence-corrected chi connectivity index (χ3v) is 10.4. The molecule has 0 aliphatic carbocycles. The Morgan fingerprint density at radius 3 is 1.28 bits per heavy atom. The lowest BCUT2D eigenvalue weighted by Gasteiger charge is -2.31. The Bertz CT molecular complexity index is 1600. The monoisotopic (exact) mass is 967 g/mol. The molecule has 68 heavy (non-hydrogen) atoms. The largest absolute Gasteiger partial charge is 0.370 e. The van der Waals surface area contributed by atoms with E-state index in [4.69, 9.17) is 57.3 Å². The summed E-state index contributed by atoms with van der Waals surface area (Å²) in [7, 11) is 0. The minimum Gasteiger partial charge on any atom is -0.370 e. The molecule has 390 valence electrons. The quantitative estimate of drug-likeness (QED) is 0.0157. The summed E-state index contributed by atoms with van der Waals surface area (Å²) in [4.78, 5) is 103. The van der Waals surface area contributed by atoms with Crippen LogP contribution >= 0.6 is 0 Å². The summed E-state index contributed by atoms with van der Waals surface area (Å²) in [6.45, 7) is 2.67. The first-order chi connectivity index (χ1) is 32.4. The van der Waals surface area contributed by atoms with Gasteiger partial charge in [0.2, 0.25) is 35.4 Å². The van der Waals surface area contributed by atoms with Crippen molar-refractivity contribution in [3.05, 3.63) is 0 Å². The zero-order chi connectivity index (χ0) is 51.1. The number of carbonyl (C=O) groups is 6. The van der Waals surface area contributed by atoms with E-state index in [0.29, 0.717) is 32.4 Å². The van der Waals surface area contributed by atoms with Crippen LogP contribution in [-0.4, -0.2) is 183 Å². The molecule has 0 radical (unpaired) electrons. The van der Waals surface area contributed by atoms with Gasteiger partial charge in [-0.05, 0) is 64.5 Å². The standard InChI is InChI=1S/C42H86N20O6/c1-2-3-4-5-8-11-23-61(30-35(65)59(24-13-20-55-40(47)48)28-33(63)58-32(38(44)68)16-12-19-54-39(45)46)37(67)31-62(26-15-22-57-42(51)52)36(66)29-60(25-14-21-56-41(49)50)34(64)27-53-18-10-7-6-9-17-43/h32,53H,2-31,43H2,1H3,(H2,44,68)(H,58,63)(H4,45,46,54)(H4,47,48,55)(H4,49,50,56)(H4,51,52,57)/t32-/m1/s1. The molecule has 26 heteroatoms. The number of rotatable bonds is 41. The van der Waals surface area contributed by atoms with Gasteiger partial charge < -0.3 is 87.6 Å². The van der Waals surface area contributed by atoms with E-state index in [9.17, 15) is 28.8 Å². The van der Waals surface area contributed by atoms with Crippen molar-refractivity contribution in [1.82, 2.24) is 30.2 Å². The number of nitrogens with two attached hydrogens (primary N) is 10. The van der Waals surface area contributed by atoms with Gasteiger partial charge in [-0.1, -0.05) is 51.9 Å². The predicted octanol–water partition coefficient (Wildman–Crippen LogP) is -4.22. The maximum Gasteiger partial charge on any atom is 0.242 e. The van der Waals surface area contributed by atoms with Crippen LogP contribution in [0.15, 0.2) is 20.0 Å². The number of guanidine groups is 4. The number of hydrogen-bond acceptors (Lipinski definition) is 12. The van der Waals surface area contributed by atoms with Crippen molar-refractivity contribution >= 4 is 59.3 Å². The van der Waals surface area contributed by atoms with Gasteiger partial charge in [0.05, 0.1) is 32.7 Å². The Kier molecular flexibility index (Phi) is 35.3. The lowest BCUT2D eigenvalue weighted by atomic mass is 10.1.